The Balaban J connectivity index is 2.37. The monoisotopic (exact) mass is 246 g/mol. The number of ketones is 1. The first-order valence-electron chi connectivity index (χ1n) is 6.00. The highest BCUT2D eigenvalue weighted by atomic mass is 16.2. The molecule has 0 bridgehead atoms. The van der Waals surface area contributed by atoms with Gasteiger partial charge in [-0.3, -0.25) is 9.59 Å². The lowest BCUT2D eigenvalue weighted by Crippen LogP contribution is -2.44. The third kappa shape index (κ3) is 1.93. The van der Waals surface area contributed by atoms with Crippen LogP contribution in [0.5, 0.6) is 0 Å². The Kier molecular flexibility index (Phi) is 2.99. The molecule has 1 amide bonds. The van der Waals surface area contributed by atoms with Gasteiger partial charge < -0.3 is 10.2 Å². The largest absolute Gasteiger partial charge is 0.315 e. The number of hydrogen-bond donors (Lipinski definition) is 1. The van der Waals surface area contributed by atoms with Crippen LogP contribution in [0.3, 0.4) is 0 Å². The Hall–Kier alpha value is -1.68. The van der Waals surface area contributed by atoms with Gasteiger partial charge in [-0.1, -0.05) is 0 Å². The van der Waals surface area contributed by atoms with Crippen molar-refractivity contribution in [2.75, 3.05) is 19.0 Å². The van der Waals surface area contributed by atoms with Crippen LogP contribution in [0.1, 0.15) is 29.8 Å². The summed E-state index contributed by atoms with van der Waals surface area (Å²) in [6, 6.07) is 5.46. The molecule has 2 rings (SSSR count). The van der Waals surface area contributed by atoms with E-state index < -0.39 is 5.54 Å². The van der Waals surface area contributed by atoms with Crippen LogP contribution in [0.15, 0.2) is 18.2 Å². The maximum absolute atomic E-state index is 12.3. The molecular weight excluding hydrogens is 228 g/mol. The number of carbonyl (C=O) groups excluding carboxylic acids is 2. The summed E-state index contributed by atoms with van der Waals surface area (Å²) in [5, 5.41) is 3.00. The van der Waals surface area contributed by atoms with E-state index >= 15 is 0 Å². The first-order chi connectivity index (χ1) is 8.36. The summed E-state index contributed by atoms with van der Waals surface area (Å²) >= 11 is 0. The summed E-state index contributed by atoms with van der Waals surface area (Å²) in [7, 11) is 3.52. The van der Waals surface area contributed by atoms with Gasteiger partial charge in [0.05, 0.1) is 12.0 Å². The molecule has 0 fully saturated rings. The van der Waals surface area contributed by atoms with E-state index in [9.17, 15) is 9.59 Å². The molecule has 1 aliphatic rings. The van der Waals surface area contributed by atoms with Gasteiger partial charge in [-0.25, -0.2) is 0 Å². The molecule has 0 saturated heterocycles. The van der Waals surface area contributed by atoms with E-state index in [-0.39, 0.29) is 11.7 Å². The second kappa shape index (κ2) is 4.21. The molecule has 0 unspecified atom stereocenters. The molecule has 0 saturated carbocycles. The zero-order valence-electron chi connectivity index (χ0n) is 11.2. The van der Waals surface area contributed by atoms with Crippen molar-refractivity contribution in [2.24, 2.45) is 0 Å². The molecule has 18 heavy (non-hydrogen) atoms. The summed E-state index contributed by atoms with van der Waals surface area (Å²) in [6.45, 7) is 3.69. The van der Waals surface area contributed by atoms with Crippen LogP contribution in [0.2, 0.25) is 0 Å². The van der Waals surface area contributed by atoms with Crippen molar-refractivity contribution in [3.05, 3.63) is 29.3 Å². The summed E-state index contributed by atoms with van der Waals surface area (Å²) in [5.41, 5.74) is 1.89. The fourth-order valence-corrected chi connectivity index (χ4v) is 2.09. The van der Waals surface area contributed by atoms with Gasteiger partial charge in [-0.15, -0.1) is 0 Å². The van der Waals surface area contributed by atoms with Crippen molar-refractivity contribution in [1.82, 2.24) is 5.32 Å². The molecule has 1 heterocycles. The number of nitrogens with one attached hydrogen (secondary N) is 1. The second-order valence-corrected chi connectivity index (χ2v) is 5.18. The first-order valence-corrected chi connectivity index (χ1v) is 6.00. The Labute approximate surface area is 107 Å². The molecular formula is C14H18N2O2. The summed E-state index contributed by atoms with van der Waals surface area (Å²) in [5.74, 6) is 0.109. The average Bonchev–Trinajstić information content (AvgIpc) is 2.63. The van der Waals surface area contributed by atoms with Crippen LogP contribution in [-0.4, -0.2) is 31.3 Å². The zero-order valence-corrected chi connectivity index (χ0v) is 11.2. The smallest absolute Gasteiger partial charge is 0.231 e. The number of amides is 1. The number of Topliss-reactive ketones (excluding diaryl/α,β-unsaturated/α-hetero) is 1. The van der Waals surface area contributed by atoms with Gasteiger partial charge in [0.1, 0.15) is 0 Å². The van der Waals surface area contributed by atoms with Crippen LogP contribution >= 0.6 is 0 Å². The molecule has 1 aromatic rings. The molecule has 0 atom stereocenters. The number of benzene rings is 1. The lowest BCUT2D eigenvalue weighted by molar-refractivity contribution is -0.117. The molecule has 96 valence electrons. The molecule has 1 aliphatic heterocycles. The molecule has 1 N–H and O–H groups in total. The predicted molar refractivity (Wildman–Crippen MR) is 71.0 cm³/mol. The van der Waals surface area contributed by atoms with Gasteiger partial charge in [-0.05, 0) is 44.7 Å². The van der Waals surface area contributed by atoms with Gasteiger partial charge in [0.25, 0.3) is 0 Å². The van der Waals surface area contributed by atoms with Crippen LogP contribution in [0.25, 0.3) is 0 Å². The zero-order chi connectivity index (χ0) is 13.5. The number of hydrogen-bond acceptors (Lipinski definition) is 3. The van der Waals surface area contributed by atoms with Crippen LogP contribution < -0.4 is 10.2 Å². The highest BCUT2D eigenvalue weighted by molar-refractivity contribution is 6.06. The lowest BCUT2D eigenvalue weighted by atomic mass is 9.92. The van der Waals surface area contributed by atoms with E-state index in [0.29, 0.717) is 12.0 Å². The normalized spacial score (nSPS) is 14.9. The first kappa shape index (κ1) is 12.8. The van der Waals surface area contributed by atoms with Gasteiger partial charge in [0, 0.05) is 18.3 Å². The molecule has 1 aromatic carbocycles. The van der Waals surface area contributed by atoms with Crippen LogP contribution in [-0.2, 0) is 11.2 Å². The van der Waals surface area contributed by atoms with E-state index in [1.807, 2.05) is 26.0 Å². The Bertz CT molecular complexity index is 521. The van der Waals surface area contributed by atoms with E-state index in [2.05, 4.69) is 5.32 Å². The number of likely N-dealkylation sites (N-methyl/N-ethyl adjacent to an activating group) is 2. The van der Waals surface area contributed by atoms with Gasteiger partial charge >= 0.3 is 0 Å². The average molecular weight is 246 g/mol. The fourth-order valence-electron chi connectivity index (χ4n) is 2.09. The quantitative estimate of drug-likeness (QED) is 0.820. The van der Waals surface area contributed by atoms with E-state index in [1.165, 1.54) is 0 Å². The van der Waals surface area contributed by atoms with Crippen molar-refractivity contribution in [1.29, 1.82) is 0 Å². The highest BCUT2D eigenvalue weighted by Gasteiger charge is 2.29. The lowest BCUT2D eigenvalue weighted by Gasteiger charge is -2.22. The van der Waals surface area contributed by atoms with Crippen LogP contribution in [0, 0.1) is 0 Å². The second-order valence-electron chi connectivity index (χ2n) is 5.18. The van der Waals surface area contributed by atoms with Gasteiger partial charge in [0.15, 0.2) is 5.78 Å². The molecule has 0 aromatic heterocycles. The predicted octanol–water partition coefficient (Wildman–Crippen LogP) is 1.39. The van der Waals surface area contributed by atoms with Crippen molar-refractivity contribution < 1.29 is 9.59 Å². The van der Waals surface area contributed by atoms with Gasteiger partial charge in [0.2, 0.25) is 5.91 Å². The molecule has 0 aliphatic carbocycles. The number of nitrogens with zero attached hydrogens (tertiary/aromatic N) is 1. The SMILES string of the molecule is CNC(C)(C)C(=O)c1ccc2c(c1)CC(=O)N2C. The minimum Gasteiger partial charge on any atom is -0.315 e. The van der Waals surface area contributed by atoms with Crippen molar-refractivity contribution >= 4 is 17.4 Å². The molecule has 0 spiro atoms. The minimum atomic E-state index is -0.594. The molecule has 4 nitrogen and oxygen atoms in total. The Morgan fingerprint density at radius 3 is 2.67 bits per heavy atom. The standard InChI is InChI=1S/C14H18N2O2/c1-14(2,15-3)13(18)9-5-6-11-10(7-9)8-12(17)16(11)4/h5-7,15H,8H2,1-4H3. The fraction of sp³-hybridized carbons (Fsp3) is 0.429. The third-order valence-corrected chi connectivity index (χ3v) is 3.61. The number of carbonyl (C=O) groups is 2. The Morgan fingerprint density at radius 1 is 1.39 bits per heavy atom. The highest BCUT2D eigenvalue weighted by Crippen LogP contribution is 2.29. The maximum atomic E-state index is 12.3. The van der Waals surface area contributed by atoms with Crippen molar-refractivity contribution in [3.8, 4) is 0 Å². The van der Waals surface area contributed by atoms with E-state index in [1.54, 1.807) is 25.1 Å². The van der Waals surface area contributed by atoms with Crippen LogP contribution in [0.4, 0.5) is 5.69 Å². The summed E-state index contributed by atoms with van der Waals surface area (Å²) < 4.78 is 0. The number of fused-ring (bicyclic) bond motifs is 1. The summed E-state index contributed by atoms with van der Waals surface area (Å²) in [4.78, 5) is 25.5. The van der Waals surface area contributed by atoms with E-state index in [0.717, 1.165) is 11.3 Å². The number of rotatable bonds is 3. The maximum Gasteiger partial charge on any atom is 0.231 e. The molecule has 0 radical (unpaired) electrons. The van der Waals surface area contributed by atoms with Crippen molar-refractivity contribution in [3.63, 3.8) is 0 Å². The number of anilines is 1. The molecule has 4 heteroatoms. The topological polar surface area (TPSA) is 49.4 Å². The minimum absolute atomic E-state index is 0.0369. The Morgan fingerprint density at radius 2 is 2.06 bits per heavy atom. The summed E-state index contributed by atoms with van der Waals surface area (Å²) in [6.07, 6.45) is 0.382. The van der Waals surface area contributed by atoms with Crippen molar-refractivity contribution in [2.45, 2.75) is 25.8 Å². The van der Waals surface area contributed by atoms with Gasteiger partial charge in [-0.2, -0.15) is 0 Å². The third-order valence-electron chi connectivity index (χ3n) is 3.61. The van der Waals surface area contributed by atoms with E-state index in [4.69, 9.17) is 0 Å².